The van der Waals surface area contributed by atoms with Crippen molar-refractivity contribution in [2.45, 2.75) is 38.5 Å². The highest BCUT2D eigenvalue weighted by Crippen LogP contribution is 2.41. The van der Waals surface area contributed by atoms with Gasteiger partial charge in [-0.2, -0.15) is 0 Å². The average molecular weight is 311 g/mol. The molecule has 1 aromatic carbocycles. The van der Waals surface area contributed by atoms with E-state index in [0.717, 1.165) is 38.3 Å². The molecule has 4 rings (SSSR count). The molecule has 1 saturated heterocycles. The van der Waals surface area contributed by atoms with Crippen LogP contribution < -0.4 is 0 Å². The summed E-state index contributed by atoms with van der Waals surface area (Å²) in [5.74, 6) is 2.33. The van der Waals surface area contributed by atoms with Gasteiger partial charge in [-0.3, -0.25) is 4.90 Å². The summed E-state index contributed by atoms with van der Waals surface area (Å²) in [6, 6.07) is 10.9. The Hall–Kier alpha value is -1.65. The van der Waals surface area contributed by atoms with Crippen LogP contribution in [0.3, 0.4) is 0 Å². The first-order valence-corrected chi connectivity index (χ1v) is 8.64. The second kappa shape index (κ2) is 6.10. The Morgan fingerprint density at radius 2 is 1.87 bits per heavy atom. The van der Waals surface area contributed by atoms with Crippen molar-refractivity contribution in [3.63, 3.8) is 0 Å². The lowest BCUT2D eigenvalue weighted by atomic mass is 9.77. The van der Waals surface area contributed by atoms with E-state index in [4.69, 9.17) is 0 Å². The minimum absolute atomic E-state index is 0.190. The minimum atomic E-state index is -0.249. The number of aromatic nitrogens is 2. The molecule has 0 unspecified atom stereocenters. The zero-order valence-electron chi connectivity index (χ0n) is 13.7. The van der Waals surface area contributed by atoms with Crippen LogP contribution in [0.25, 0.3) is 0 Å². The summed E-state index contributed by atoms with van der Waals surface area (Å²) in [5.41, 5.74) is 1.38. The van der Waals surface area contributed by atoms with Crippen LogP contribution in [0.4, 0.5) is 0 Å². The second-order valence-corrected chi connectivity index (χ2v) is 7.19. The molecule has 4 heteroatoms. The van der Waals surface area contributed by atoms with Crippen molar-refractivity contribution in [1.29, 1.82) is 0 Å². The largest absolute Gasteiger partial charge is 0.391 e. The summed E-state index contributed by atoms with van der Waals surface area (Å²) < 4.78 is 2.17. The molecule has 2 heterocycles. The Morgan fingerprint density at radius 1 is 1.13 bits per heavy atom. The summed E-state index contributed by atoms with van der Waals surface area (Å²) in [4.78, 5) is 6.88. The number of benzene rings is 1. The molecule has 1 aliphatic carbocycles. The van der Waals surface area contributed by atoms with Gasteiger partial charge in [0.25, 0.3) is 0 Å². The standard InChI is InChI=1S/C19H25N3O/c1-14-20-7-8-22(14)18-9-16-12-21(13-17(16)10-19(18)23)11-15-5-3-2-4-6-15/h2-8,16-19,23H,9-13H2,1H3/t16-,17+,18-,19-/m0/s1. The van der Waals surface area contributed by atoms with Gasteiger partial charge >= 0.3 is 0 Å². The van der Waals surface area contributed by atoms with E-state index in [9.17, 15) is 5.11 Å². The first kappa shape index (κ1) is 14.9. The molecule has 4 nitrogen and oxygen atoms in total. The minimum Gasteiger partial charge on any atom is -0.391 e. The van der Waals surface area contributed by atoms with Crippen LogP contribution in [0.5, 0.6) is 0 Å². The van der Waals surface area contributed by atoms with Crippen LogP contribution in [-0.4, -0.2) is 38.8 Å². The molecule has 1 aromatic heterocycles. The molecule has 2 fully saturated rings. The molecule has 0 spiro atoms. The van der Waals surface area contributed by atoms with E-state index in [-0.39, 0.29) is 12.1 Å². The summed E-state index contributed by atoms with van der Waals surface area (Å²) in [6.07, 6.45) is 5.58. The molecule has 23 heavy (non-hydrogen) atoms. The molecule has 2 aromatic rings. The summed E-state index contributed by atoms with van der Waals surface area (Å²) in [6.45, 7) is 5.32. The molecule has 1 saturated carbocycles. The summed E-state index contributed by atoms with van der Waals surface area (Å²) in [5, 5.41) is 10.6. The lowest BCUT2D eigenvalue weighted by Gasteiger charge is -2.36. The maximum absolute atomic E-state index is 10.6. The fraction of sp³-hybridized carbons (Fsp3) is 0.526. The van der Waals surface area contributed by atoms with E-state index in [1.165, 1.54) is 5.56 Å². The van der Waals surface area contributed by atoms with Crippen molar-refractivity contribution < 1.29 is 5.11 Å². The van der Waals surface area contributed by atoms with Crippen molar-refractivity contribution in [3.8, 4) is 0 Å². The Morgan fingerprint density at radius 3 is 2.57 bits per heavy atom. The van der Waals surface area contributed by atoms with E-state index in [2.05, 4.69) is 44.8 Å². The number of hydrogen-bond donors (Lipinski definition) is 1. The molecular formula is C19H25N3O. The normalized spacial score (nSPS) is 31.2. The quantitative estimate of drug-likeness (QED) is 0.947. The van der Waals surface area contributed by atoms with Crippen molar-refractivity contribution in [2.24, 2.45) is 11.8 Å². The zero-order chi connectivity index (χ0) is 15.8. The molecule has 122 valence electrons. The topological polar surface area (TPSA) is 41.3 Å². The number of rotatable bonds is 3. The van der Waals surface area contributed by atoms with Crippen LogP contribution in [0.2, 0.25) is 0 Å². The Kier molecular flexibility index (Phi) is 3.95. The number of imidazole rings is 1. The first-order chi connectivity index (χ1) is 11.2. The van der Waals surface area contributed by atoms with Crippen LogP contribution in [0.1, 0.15) is 30.3 Å². The van der Waals surface area contributed by atoms with Crippen molar-refractivity contribution in [1.82, 2.24) is 14.5 Å². The molecule has 0 bridgehead atoms. The fourth-order valence-corrected chi connectivity index (χ4v) is 4.51. The lowest BCUT2D eigenvalue weighted by molar-refractivity contribution is 0.0349. The molecule has 4 atom stereocenters. The van der Waals surface area contributed by atoms with Gasteiger partial charge < -0.3 is 9.67 Å². The van der Waals surface area contributed by atoms with Crippen molar-refractivity contribution >= 4 is 0 Å². The highest BCUT2D eigenvalue weighted by Gasteiger charge is 2.42. The van der Waals surface area contributed by atoms with Crippen LogP contribution in [-0.2, 0) is 6.54 Å². The number of aliphatic hydroxyl groups is 1. The smallest absolute Gasteiger partial charge is 0.105 e. The molecule has 2 aliphatic rings. The Balaban J connectivity index is 1.45. The summed E-state index contributed by atoms with van der Waals surface area (Å²) in [7, 11) is 0. The van der Waals surface area contributed by atoms with Gasteiger partial charge in [-0.15, -0.1) is 0 Å². The SMILES string of the molecule is Cc1nccn1[C@H]1C[C@H]2CN(Cc3ccccc3)C[C@H]2C[C@@H]1O. The lowest BCUT2D eigenvalue weighted by Crippen LogP contribution is -2.36. The Labute approximate surface area is 137 Å². The van der Waals surface area contributed by atoms with Crippen molar-refractivity contribution in [2.75, 3.05) is 13.1 Å². The Bertz CT molecular complexity index is 654. The van der Waals surface area contributed by atoms with E-state index in [0.29, 0.717) is 11.8 Å². The fourth-order valence-electron chi connectivity index (χ4n) is 4.51. The van der Waals surface area contributed by atoms with Gasteiger partial charge in [0, 0.05) is 32.0 Å². The second-order valence-electron chi connectivity index (χ2n) is 7.19. The third-order valence-corrected chi connectivity index (χ3v) is 5.65. The zero-order valence-corrected chi connectivity index (χ0v) is 13.7. The number of aryl methyl sites for hydroxylation is 1. The van der Waals surface area contributed by atoms with Crippen molar-refractivity contribution in [3.05, 3.63) is 54.1 Å². The molecular weight excluding hydrogens is 286 g/mol. The summed E-state index contributed by atoms with van der Waals surface area (Å²) >= 11 is 0. The average Bonchev–Trinajstić information content (AvgIpc) is 3.12. The van der Waals surface area contributed by atoms with Gasteiger partial charge in [-0.25, -0.2) is 4.98 Å². The van der Waals surface area contributed by atoms with Gasteiger partial charge in [0.05, 0.1) is 12.1 Å². The molecule has 0 radical (unpaired) electrons. The first-order valence-electron chi connectivity index (χ1n) is 8.64. The van der Waals surface area contributed by atoms with E-state index in [1.54, 1.807) is 0 Å². The maximum atomic E-state index is 10.6. The van der Waals surface area contributed by atoms with E-state index in [1.807, 2.05) is 19.3 Å². The van der Waals surface area contributed by atoms with Gasteiger partial charge in [-0.05, 0) is 37.2 Å². The monoisotopic (exact) mass is 311 g/mol. The van der Waals surface area contributed by atoms with Gasteiger partial charge in [0.15, 0.2) is 0 Å². The highest BCUT2D eigenvalue weighted by atomic mass is 16.3. The number of nitrogens with zero attached hydrogens (tertiary/aromatic N) is 3. The number of aliphatic hydroxyl groups excluding tert-OH is 1. The number of fused-ring (bicyclic) bond motifs is 1. The van der Waals surface area contributed by atoms with Gasteiger partial charge in [0.1, 0.15) is 5.82 Å². The van der Waals surface area contributed by atoms with Crippen LogP contribution >= 0.6 is 0 Å². The van der Waals surface area contributed by atoms with Crippen LogP contribution in [0.15, 0.2) is 42.7 Å². The van der Waals surface area contributed by atoms with E-state index < -0.39 is 0 Å². The molecule has 1 N–H and O–H groups in total. The number of likely N-dealkylation sites (tertiary alicyclic amines) is 1. The predicted octanol–water partition coefficient (Wildman–Crippen LogP) is 2.64. The van der Waals surface area contributed by atoms with Gasteiger partial charge in [0.2, 0.25) is 0 Å². The maximum Gasteiger partial charge on any atom is 0.105 e. The van der Waals surface area contributed by atoms with Gasteiger partial charge in [-0.1, -0.05) is 30.3 Å². The highest BCUT2D eigenvalue weighted by molar-refractivity contribution is 5.15. The molecule has 0 amide bonds. The third kappa shape index (κ3) is 2.93. The van der Waals surface area contributed by atoms with Crippen LogP contribution in [0, 0.1) is 18.8 Å². The predicted molar refractivity (Wildman–Crippen MR) is 89.9 cm³/mol. The third-order valence-electron chi connectivity index (χ3n) is 5.65. The number of hydrogen-bond acceptors (Lipinski definition) is 3. The van der Waals surface area contributed by atoms with E-state index >= 15 is 0 Å². The molecule has 1 aliphatic heterocycles.